The number of nitrogens with zero attached hydrogens (tertiary/aromatic N) is 2. The number of amides is 1. The number of halogens is 6. The normalized spacial score (nSPS) is 11.8. The van der Waals surface area contributed by atoms with Crippen LogP contribution in [0.2, 0.25) is 0 Å². The second-order valence-electron chi connectivity index (χ2n) is 9.19. The van der Waals surface area contributed by atoms with Crippen molar-refractivity contribution in [1.82, 2.24) is 14.9 Å². The Bertz CT molecular complexity index is 1530. The lowest BCUT2D eigenvalue weighted by atomic mass is 10.0. The maximum atomic E-state index is 13.2. The summed E-state index contributed by atoms with van der Waals surface area (Å²) in [7, 11) is 3.14. The number of carbonyl (C=O) groups is 1. The van der Waals surface area contributed by atoms with Crippen molar-refractivity contribution in [2.75, 3.05) is 26.5 Å². The number of ether oxygens (including phenoxy) is 2. The van der Waals surface area contributed by atoms with E-state index in [0.29, 0.717) is 41.0 Å². The highest BCUT2D eigenvalue weighted by Gasteiger charge is 2.37. The van der Waals surface area contributed by atoms with Gasteiger partial charge < -0.3 is 19.4 Å². The number of alkyl halides is 6. The number of rotatable bonds is 10. The van der Waals surface area contributed by atoms with Gasteiger partial charge in [-0.15, -0.1) is 0 Å². The van der Waals surface area contributed by atoms with Crippen LogP contribution in [0.4, 0.5) is 26.3 Å². The number of nitrogens with one attached hydrogen (secondary N) is 1. The minimum atomic E-state index is -5.05. The van der Waals surface area contributed by atoms with Gasteiger partial charge in [-0.25, -0.2) is 4.98 Å². The van der Waals surface area contributed by atoms with Gasteiger partial charge >= 0.3 is 12.4 Å². The molecule has 0 aliphatic heterocycles. The summed E-state index contributed by atoms with van der Waals surface area (Å²) in [5.41, 5.74) is -0.584. The summed E-state index contributed by atoms with van der Waals surface area (Å²) in [4.78, 5) is 17.4. The number of aromatic nitrogens is 2. The third kappa shape index (κ3) is 7.45. The summed E-state index contributed by atoms with van der Waals surface area (Å²) in [6.07, 6.45) is -10.1. The number of hydrogen-bond donors (Lipinski definition) is 1. The van der Waals surface area contributed by atoms with Gasteiger partial charge in [0.15, 0.2) is 5.16 Å². The van der Waals surface area contributed by atoms with E-state index in [9.17, 15) is 31.1 Å². The second-order valence-corrected chi connectivity index (χ2v) is 10.3. The first-order valence-corrected chi connectivity index (χ1v) is 13.9. The van der Waals surface area contributed by atoms with Crippen molar-refractivity contribution in [3.05, 3.63) is 83.4 Å². The fraction of sp³-hybridized carbons (Fsp3) is 0.267. The summed E-state index contributed by atoms with van der Waals surface area (Å²) < 4.78 is 91.7. The number of benzene rings is 3. The smallest absolute Gasteiger partial charge is 0.416 e. The van der Waals surface area contributed by atoms with E-state index >= 15 is 0 Å². The van der Waals surface area contributed by atoms with Gasteiger partial charge in [0.2, 0.25) is 0 Å². The molecule has 0 saturated carbocycles. The monoisotopic (exact) mass is 623 g/mol. The Kier molecular flexibility index (Phi) is 9.63. The van der Waals surface area contributed by atoms with E-state index in [4.69, 9.17) is 14.5 Å². The summed E-state index contributed by atoms with van der Waals surface area (Å²) in [6, 6.07) is 15.7. The molecule has 0 spiro atoms. The zero-order valence-electron chi connectivity index (χ0n) is 23.3. The van der Waals surface area contributed by atoms with Crippen LogP contribution in [0.15, 0.2) is 71.9 Å². The quantitative estimate of drug-likeness (QED) is 0.111. The SMILES string of the molecule is CCn1c(SCCNC(=O)c2cc(C(F)(F)F)cc(C(F)(F)F)c2)nc(-c2ccc(OC)cc2)c1-c1ccc(OC)cc1. The van der Waals surface area contributed by atoms with Gasteiger partial charge in [0, 0.05) is 35.5 Å². The molecule has 0 radical (unpaired) electrons. The van der Waals surface area contributed by atoms with Crippen LogP contribution in [0.5, 0.6) is 11.5 Å². The molecular weight excluding hydrogens is 596 g/mol. The van der Waals surface area contributed by atoms with Crippen LogP contribution in [-0.2, 0) is 18.9 Å². The van der Waals surface area contributed by atoms with Crippen LogP contribution in [-0.4, -0.2) is 42.0 Å². The van der Waals surface area contributed by atoms with Crippen LogP contribution in [0.3, 0.4) is 0 Å². The fourth-order valence-electron chi connectivity index (χ4n) is 4.32. The highest BCUT2D eigenvalue weighted by atomic mass is 32.2. The van der Waals surface area contributed by atoms with E-state index in [1.807, 2.05) is 60.0 Å². The number of thioether (sulfide) groups is 1. The van der Waals surface area contributed by atoms with Crippen molar-refractivity contribution in [3.63, 3.8) is 0 Å². The Morgan fingerprint density at radius 3 is 1.81 bits per heavy atom. The van der Waals surface area contributed by atoms with Crippen LogP contribution in [0.25, 0.3) is 22.5 Å². The molecule has 4 aromatic rings. The van der Waals surface area contributed by atoms with Crippen molar-refractivity contribution in [2.45, 2.75) is 31.0 Å². The number of hydrogen-bond acceptors (Lipinski definition) is 5. The molecule has 228 valence electrons. The maximum absolute atomic E-state index is 13.2. The maximum Gasteiger partial charge on any atom is 0.416 e. The summed E-state index contributed by atoms with van der Waals surface area (Å²) in [6.45, 7) is 2.46. The number of carbonyl (C=O) groups excluding carboxylic acids is 1. The molecule has 1 N–H and O–H groups in total. The van der Waals surface area contributed by atoms with Gasteiger partial charge in [-0.05, 0) is 73.7 Å². The molecule has 0 unspecified atom stereocenters. The molecule has 4 rings (SSSR count). The van der Waals surface area contributed by atoms with Crippen LogP contribution in [0.1, 0.15) is 28.4 Å². The molecular formula is C30H27F6N3O3S. The molecule has 0 bridgehead atoms. The molecule has 1 heterocycles. The van der Waals surface area contributed by atoms with Crippen molar-refractivity contribution < 1.29 is 40.6 Å². The largest absolute Gasteiger partial charge is 0.497 e. The van der Waals surface area contributed by atoms with Gasteiger partial charge in [0.05, 0.1) is 36.7 Å². The minimum absolute atomic E-state index is 0.0159. The zero-order valence-corrected chi connectivity index (χ0v) is 24.1. The van der Waals surface area contributed by atoms with Gasteiger partial charge in [-0.3, -0.25) is 4.79 Å². The topological polar surface area (TPSA) is 65.4 Å². The predicted octanol–water partition coefficient (Wildman–Crippen LogP) is 7.81. The predicted molar refractivity (Wildman–Crippen MR) is 151 cm³/mol. The minimum Gasteiger partial charge on any atom is -0.497 e. The van der Waals surface area contributed by atoms with Crippen molar-refractivity contribution >= 4 is 17.7 Å². The lowest BCUT2D eigenvalue weighted by molar-refractivity contribution is -0.143. The summed E-state index contributed by atoms with van der Waals surface area (Å²) >= 11 is 1.29. The first kappa shape index (κ1) is 31.8. The summed E-state index contributed by atoms with van der Waals surface area (Å²) in [5.74, 6) is 0.565. The highest BCUT2D eigenvalue weighted by Crippen LogP contribution is 2.38. The molecule has 0 atom stereocenters. The van der Waals surface area contributed by atoms with E-state index in [1.165, 1.54) is 11.8 Å². The highest BCUT2D eigenvalue weighted by molar-refractivity contribution is 7.99. The molecule has 3 aromatic carbocycles. The van der Waals surface area contributed by atoms with Crippen molar-refractivity contribution in [2.24, 2.45) is 0 Å². The fourth-order valence-corrected chi connectivity index (χ4v) is 5.24. The van der Waals surface area contributed by atoms with Crippen molar-refractivity contribution in [1.29, 1.82) is 0 Å². The average Bonchev–Trinajstić information content (AvgIpc) is 3.36. The molecule has 13 heteroatoms. The molecule has 43 heavy (non-hydrogen) atoms. The number of imidazole rings is 1. The van der Waals surface area contributed by atoms with Gasteiger partial charge in [0.25, 0.3) is 5.91 Å². The van der Waals surface area contributed by atoms with E-state index in [-0.39, 0.29) is 18.4 Å². The molecule has 0 aliphatic carbocycles. The summed E-state index contributed by atoms with van der Waals surface area (Å²) in [5, 5.41) is 3.03. The first-order chi connectivity index (χ1) is 20.3. The second kappa shape index (κ2) is 13.0. The lowest BCUT2D eigenvalue weighted by Gasteiger charge is -2.14. The van der Waals surface area contributed by atoms with E-state index in [0.717, 1.165) is 16.8 Å². The molecule has 0 saturated heterocycles. The Balaban J connectivity index is 1.57. The first-order valence-electron chi connectivity index (χ1n) is 13.0. The Morgan fingerprint density at radius 1 is 0.837 bits per heavy atom. The molecule has 6 nitrogen and oxygen atoms in total. The third-order valence-electron chi connectivity index (χ3n) is 6.44. The number of methoxy groups -OCH3 is 2. The standard InChI is InChI=1S/C30H27F6N3O3S/c1-4-39-26(19-7-11-24(42-3)12-8-19)25(18-5-9-23(41-2)10-6-18)38-28(39)43-14-13-37-27(40)20-15-21(29(31,32)33)17-22(16-20)30(34,35)36/h5-12,15-17H,4,13-14H2,1-3H3,(H,37,40). The molecule has 0 aliphatic rings. The van der Waals surface area contributed by atoms with Gasteiger partial charge in [-0.1, -0.05) is 11.8 Å². The Labute approximate surface area is 248 Å². The van der Waals surface area contributed by atoms with Crippen LogP contribution < -0.4 is 14.8 Å². The van der Waals surface area contributed by atoms with Gasteiger partial charge in [-0.2, -0.15) is 26.3 Å². The molecule has 1 aromatic heterocycles. The third-order valence-corrected chi connectivity index (χ3v) is 7.42. The van der Waals surface area contributed by atoms with Crippen LogP contribution in [0, 0.1) is 0 Å². The zero-order chi connectivity index (χ0) is 31.4. The Hall–Kier alpha value is -4.13. The molecule has 0 fully saturated rings. The lowest BCUT2D eigenvalue weighted by Crippen LogP contribution is -2.27. The van der Waals surface area contributed by atoms with Gasteiger partial charge in [0.1, 0.15) is 11.5 Å². The molecule has 1 amide bonds. The Morgan fingerprint density at radius 2 is 1.35 bits per heavy atom. The van der Waals surface area contributed by atoms with Crippen molar-refractivity contribution in [3.8, 4) is 34.0 Å². The van der Waals surface area contributed by atoms with E-state index in [1.54, 1.807) is 14.2 Å². The van der Waals surface area contributed by atoms with Crippen LogP contribution >= 0.6 is 11.8 Å². The van der Waals surface area contributed by atoms with E-state index < -0.39 is 35.0 Å². The van der Waals surface area contributed by atoms with E-state index in [2.05, 4.69) is 5.32 Å². The average molecular weight is 624 g/mol.